The molecule has 0 unspecified atom stereocenters. The van der Waals surface area contributed by atoms with E-state index in [0.29, 0.717) is 0 Å². The number of carboxylic acid groups (broad SMARTS) is 2. The van der Waals surface area contributed by atoms with Crippen molar-refractivity contribution in [3.63, 3.8) is 0 Å². The second-order valence-electron chi connectivity index (χ2n) is 1.60. The van der Waals surface area contributed by atoms with Crippen LogP contribution in [-0.4, -0.2) is 34.4 Å². The molecule has 0 amide bonds. The molecule has 0 aliphatic carbocycles. The summed E-state index contributed by atoms with van der Waals surface area (Å²) in [5.74, 6) is -3.54. The number of hydrogen-bond acceptors (Lipinski definition) is 3. The summed E-state index contributed by atoms with van der Waals surface area (Å²) in [7, 11) is 0. The minimum Gasteiger partial charge on any atom is -0.480 e. The van der Waals surface area contributed by atoms with Gasteiger partial charge < -0.3 is 15.9 Å². The van der Waals surface area contributed by atoms with Gasteiger partial charge in [0.05, 0.1) is 0 Å². The number of carbonyl (C=O) groups is 2. The monoisotopic (exact) mass is 151 g/mol. The van der Waals surface area contributed by atoms with Gasteiger partial charge in [-0.15, -0.1) is 0 Å². The lowest BCUT2D eigenvalue weighted by Gasteiger charge is -2.05. The highest BCUT2D eigenvalue weighted by molar-refractivity contribution is 5.83. The maximum atomic E-state index is 12.1. The van der Waals surface area contributed by atoms with Crippen molar-refractivity contribution in [3.8, 4) is 0 Å². The number of alkyl halides is 1. The highest BCUT2D eigenvalue weighted by atomic mass is 19.1. The molecule has 5 nitrogen and oxygen atoms in total. The number of aliphatic carboxylic acids is 2. The van der Waals surface area contributed by atoms with Gasteiger partial charge in [0.25, 0.3) is 0 Å². The molecule has 0 saturated carbocycles. The van der Waals surface area contributed by atoms with Crippen molar-refractivity contribution in [1.29, 1.82) is 0 Å². The first-order valence-corrected chi connectivity index (χ1v) is 2.32. The molecule has 0 saturated heterocycles. The molecular formula is C4H6FNO4. The van der Waals surface area contributed by atoms with Crippen molar-refractivity contribution in [1.82, 2.24) is 0 Å². The van der Waals surface area contributed by atoms with Crippen LogP contribution in [0.4, 0.5) is 4.39 Å². The molecule has 0 aliphatic heterocycles. The van der Waals surface area contributed by atoms with E-state index in [4.69, 9.17) is 10.2 Å². The van der Waals surface area contributed by atoms with E-state index in [-0.39, 0.29) is 0 Å². The zero-order valence-electron chi connectivity index (χ0n) is 4.82. The molecule has 58 valence electrons. The minimum absolute atomic E-state index is 1.67. The number of rotatable bonds is 3. The van der Waals surface area contributed by atoms with E-state index in [9.17, 15) is 14.0 Å². The largest absolute Gasteiger partial charge is 0.480 e. The molecule has 0 fully saturated rings. The quantitative estimate of drug-likeness (QED) is 0.471. The van der Waals surface area contributed by atoms with Crippen molar-refractivity contribution in [2.75, 3.05) is 0 Å². The van der Waals surface area contributed by atoms with E-state index in [1.54, 1.807) is 0 Å². The fourth-order valence-electron chi connectivity index (χ4n) is 0.279. The van der Waals surface area contributed by atoms with Crippen LogP contribution in [0, 0.1) is 0 Å². The molecule has 10 heavy (non-hydrogen) atoms. The van der Waals surface area contributed by atoms with E-state index in [1.165, 1.54) is 0 Å². The summed E-state index contributed by atoms with van der Waals surface area (Å²) in [6.45, 7) is 0. The van der Waals surface area contributed by atoms with Gasteiger partial charge in [-0.05, 0) is 0 Å². The molecule has 2 atom stereocenters. The Labute approximate surface area is 55.3 Å². The zero-order valence-corrected chi connectivity index (χ0v) is 4.82. The third kappa shape index (κ3) is 1.98. The Bertz CT molecular complexity index is 141. The summed E-state index contributed by atoms with van der Waals surface area (Å²) >= 11 is 0. The van der Waals surface area contributed by atoms with E-state index in [1.807, 2.05) is 0 Å². The SMILES string of the molecule is N[C@@H](C(=O)O)[C@@H](F)C(=O)O. The van der Waals surface area contributed by atoms with Crippen LogP contribution in [0.15, 0.2) is 0 Å². The Kier molecular flexibility index (Phi) is 2.75. The van der Waals surface area contributed by atoms with Gasteiger partial charge in [0, 0.05) is 0 Å². The molecular weight excluding hydrogens is 145 g/mol. The average Bonchev–Trinajstić information content (AvgIpc) is 1.84. The third-order valence-corrected chi connectivity index (χ3v) is 0.836. The topological polar surface area (TPSA) is 101 Å². The van der Waals surface area contributed by atoms with Gasteiger partial charge in [0.2, 0.25) is 6.17 Å². The van der Waals surface area contributed by atoms with E-state index in [2.05, 4.69) is 5.73 Å². The molecule has 0 aromatic carbocycles. The predicted molar refractivity (Wildman–Crippen MR) is 28.1 cm³/mol. The molecule has 0 aromatic rings. The van der Waals surface area contributed by atoms with Gasteiger partial charge >= 0.3 is 11.9 Å². The van der Waals surface area contributed by atoms with Gasteiger partial charge in [-0.1, -0.05) is 0 Å². The van der Waals surface area contributed by atoms with Crippen LogP contribution in [0.25, 0.3) is 0 Å². The Balaban J connectivity index is 4.07. The molecule has 6 heteroatoms. The molecule has 0 aromatic heterocycles. The summed E-state index contributed by atoms with van der Waals surface area (Å²) < 4.78 is 12.1. The third-order valence-electron chi connectivity index (χ3n) is 0.836. The van der Waals surface area contributed by atoms with Crippen LogP contribution in [0.2, 0.25) is 0 Å². The molecule has 0 rings (SSSR count). The van der Waals surface area contributed by atoms with Crippen LogP contribution >= 0.6 is 0 Å². The highest BCUT2D eigenvalue weighted by Gasteiger charge is 2.29. The van der Waals surface area contributed by atoms with Gasteiger partial charge in [-0.3, -0.25) is 4.79 Å². The fourth-order valence-corrected chi connectivity index (χ4v) is 0.279. The van der Waals surface area contributed by atoms with E-state index in [0.717, 1.165) is 0 Å². The average molecular weight is 151 g/mol. The molecule has 0 radical (unpaired) electrons. The second-order valence-corrected chi connectivity index (χ2v) is 1.60. The summed E-state index contributed by atoms with van der Waals surface area (Å²) in [4.78, 5) is 19.5. The van der Waals surface area contributed by atoms with E-state index >= 15 is 0 Å². The Morgan fingerprint density at radius 2 is 1.70 bits per heavy atom. The maximum absolute atomic E-state index is 12.1. The molecule has 0 aliphatic rings. The Morgan fingerprint density at radius 1 is 1.30 bits per heavy atom. The fraction of sp³-hybridized carbons (Fsp3) is 0.500. The van der Waals surface area contributed by atoms with Crippen LogP contribution in [0.5, 0.6) is 0 Å². The maximum Gasteiger partial charge on any atom is 0.340 e. The Hall–Kier alpha value is -1.17. The van der Waals surface area contributed by atoms with E-state index < -0.39 is 24.2 Å². The zero-order chi connectivity index (χ0) is 8.31. The summed E-state index contributed by atoms with van der Waals surface area (Å²) in [5, 5.41) is 15.9. The van der Waals surface area contributed by atoms with Crippen molar-refractivity contribution in [2.45, 2.75) is 12.2 Å². The van der Waals surface area contributed by atoms with Crippen LogP contribution in [0.1, 0.15) is 0 Å². The first-order chi connectivity index (χ1) is 4.46. The second kappa shape index (κ2) is 3.11. The normalized spacial score (nSPS) is 15.8. The smallest absolute Gasteiger partial charge is 0.340 e. The molecule has 0 spiro atoms. The van der Waals surface area contributed by atoms with Crippen LogP contribution in [0.3, 0.4) is 0 Å². The van der Waals surface area contributed by atoms with Gasteiger partial charge in [-0.25, -0.2) is 9.18 Å². The number of hydrogen-bond donors (Lipinski definition) is 3. The van der Waals surface area contributed by atoms with Gasteiger partial charge in [0.1, 0.15) is 6.04 Å². The summed E-state index contributed by atoms with van der Waals surface area (Å²) in [6.07, 6.45) is -2.54. The van der Waals surface area contributed by atoms with Crippen molar-refractivity contribution in [2.24, 2.45) is 5.73 Å². The molecule has 4 N–H and O–H groups in total. The first kappa shape index (κ1) is 8.83. The first-order valence-electron chi connectivity index (χ1n) is 2.32. The van der Waals surface area contributed by atoms with Crippen LogP contribution in [-0.2, 0) is 9.59 Å². The lowest BCUT2D eigenvalue weighted by Crippen LogP contribution is -2.43. The number of nitrogens with two attached hydrogens (primary N) is 1. The number of halogens is 1. The lowest BCUT2D eigenvalue weighted by molar-refractivity contribution is -0.150. The standard InChI is InChI=1S/C4H6FNO4/c5-1(3(7)8)2(6)4(9)10/h1-2H,6H2,(H,7,8)(H,9,10)/t1-,2-/m1/s1. The lowest BCUT2D eigenvalue weighted by atomic mass is 10.2. The van der Waals surface area contributed by atoms with Crippen molar-refractivity contribution < 1.29 is 24.2 Å². The molecule has 0 bridgehead atoms. The summed E-state index contributed by atoms with van der Waals surface area (Å²) in [6, 6.07) is -1.99. The highest BCUT2D eigenvalue weighted by Crippen LogP contribution is 1.95. The van der Waals surface area contributed by atoms with Gasteiger partial charge in [-0.2, -0.15) is 0 Å². The molecule has 0 heterocycles. The minimum atomic E-state index is -2.54. The van der Waals surface area contributed by atoms with Crippen molar-refractivity contribution >= 4 is 11.9 Å². The van der Waals surface area contributed by atoms with Crippen LogP contribution < -0.4 is 5.73 Å². The van der Waals surface area contributed by atoms with Crippen molar-refractivity contribution in [3.05, 3.63) is 0 Å². The van der Waals surface area contributed by atoms with Gasteiger partial charge in [0.15, 0.2) is 0 Å². The number of carboxylic acids is 2. The predicted octanol–water partition coefficient (Wildman–Crippen LogP) is -1.18. The Morgan fingerprint density at radius 3 is 1.80 bits per heavy atom. The summed E-state index contributed by atoms with van der Waals surface area (Å²) in [5.41, 5.74) is 4.61.